The van der Waals surface area contributed by atoms with Crippen molar-refractivity contribution >= 4 is 39.5 Å². The molecule has 0 spiro atoms. The predicted octanol–water partition coefficient (Wildman–Crippen LogP) is 20.9. The van der Waals surface area contributed by atoms with Crippen LogP contribution >= 0.6 is 15.6 Å². The second kappa shape index (κ2) is 70.1. The molecule has 5 unspecified atom stereocenters. The zero-order valence-electron chi connectivity index (χ0n) is 60.4. The third-order valence-corrected chi connectivity index (χ3v) is 16.4. The number of phosphoric ester groups is 2. The molecule has 0 radical (unpaired) electrons. The molecule has 0 aromatic carbocycles. The Kier molecular flexibility index (Phi) is 66.3. The van der Waals surface area contributed by atoms with Crippen molar-refractivity contribution in [2.45, 2.75) is 277 Å². The summed E-state index contributed by atoms with van der Waals surface area (Å²) in [6, 6.07) is 0. The lowest BCUT2D eigenvalue weighted by atomic mass is 10.0. The lowest BCUT2D eigenvalue weighted by Gasteiger charge is -2.21. The smallest absolute Gasteiger partial charge is 0.462 e. The molecule has 0 aliphatic carbocycles. The first-order chi connectivity index (χ1) is 47.7. The molecule has 0 fully saturated rings. The van der Waals surface area contributed by atoms with Gasteiger partial charge in [0.1, 0.15) is 19.3 Å². The van der Waals surface area contributed by atoms with Gasteiger partial charge in [-0.25, -0.2) is 9.13 Å². The van der Waals surface area contributed by atoms with E-state index in [1.807, 2.05) is 24.3 Å². The Bertz CT molecular complexity index is 2480. The highest BCUT2D eigenvalue weighted by Gasteiger charge is 2.30. The third kappa shape index (κ3) is 69.2. The van der Waals surface area contributed by atoms with Crippen molar-refractivity contribution in [3.63, 3.8) is 0 Å². The number of carbonyl (C=O) groups is 4. The molecule has 0 heterocycles. The molecule has 0 rings (SSSR count). The average Bonchev–Trinajstić information content (AvgIpc) is 1.04. The maximum absolute atomic E-state index is 13.1. The highest BCUT2D eigenvalue weighted by atomic mass is 31.2. The van der Waals surface area contributed by atoms with Crippen LogP contribution in [0.1, 0.15) is 259 Å². The van der Waals surface area contributed by atoms with Crippen LogP contribution in [0.15, 0.2) is 158 Å². The first-order valence-electron chi connectivity index (χ1n) is 36.7. The van der Waals surface area contributed by atoms with Crippen molar-refractivity contribution in [3.8, 4) is 0 Å². The van der Waals surface area contributed by atoms with Crippen molar-refractivity contribution < 1.29 is 80.2 Å². The van der Waals surface area contributed by atoms with E-state index in [2.05, 4.69) is 155 Å². The highest BCUT2D eigenvalue weighted by Crippen LogP contribution is 2.45. The SMILES string of the molecule is CC/C=C\C/C=C\C/C=C\C/C=C\C/C=C\CC(=O)OCC(COP(=O)(O)OCC(O)COP(=O)(O)OCC(COC(=O)CCCC/C=C\C/C=C\C/C=C\C/C=C\CC)OC(=O)CCCCCCCCCCCCCCC)OC(=O)CCCC/C=C\C/C=C\C/C=C\C/C=C\CC. The lowest BCUT2D eigenvalue weighted by molar-refractivity contribution is -0.161. The fraction of sp³-hybridized carbons (Fsp3) is 0.620. The van der Waals surface area contributed by atoms with Gasteiger partial charge >= 0.3 is 39.5 Å². The summed E-state index contributed by atoms with van der Waals surface area (Å²) in [6.45, 7) is 4.28. The van der Waals surface area contributed by atoms with E-state index in [1.54, 1.807) is 6.08 Å². The molecule has 19 heteroatoms. The molecule has 0 aromatic rings. The van der Waals surface area contributed by atoms with Gasteiger partial charge < -0.3 is 33.8 Å². The molecule has 0 amide bonds. The van der Waals surface area contributed by atoms with Crippen molar-refractivity contribution in [1.29, 1.82) is 0 Å². The number of aliphatic hydroxyl groups is 1. The summed E-state index contributed by atoms with van der Waals surface area (Å²) >= 11 is 0. The summed E-state index contributed by atoms with van der Waals surface area (Å²) in [7, 11) is -10.0. The molecule has 0 bridgehead atoms. The summed E-state index contributed by atoms with van der Waals surface area (Å²) < 4.78 is 68.2. The normalized spacial score (nSPS) is 14.9. The summed E-state index contributed by atoms with van der Waals surface area (Å²) in [5.41, 5.74) is 0. The minimum Gasteiger partial charge on any atom is -0.462 e. The van der Waals surface area contributed by atoms with Crippen LogP contribution in [0.3, 0.4) is 0 Å². The van der Waals surface area contributed by atoms with Gasteiger partial charge in [0, 0.05) is 19.3 Å². The minimum atomic E-state index is -5.01. The van der Waals surface area contributed by atoms with Crippen molar-refractivity contribution in [2.75, 3.05) is 39.6 Å². The monoisotopic (exact) mass is 1410 g/mol. The average molecular weight is 1410 g/mol. The zero-order valence-corrected chi connectivity index (χ0v) is 62.2. The largest absolute Gasteiger partial charge is 0.472 e. The van der Waals surface area contributed by atoms with E-state index in [9.17, 15) is 43.2 Å². The Hall–Kier alpha value is -5.32. The number of unbranched alkanes of at least 4 members (excludes halogenated alkanes) is 16. The molecule has 17 nitrogen and oxygen atoms in total. The van der Waals surface area contributed by atoms with Crippen LogP contribution in [0.2, 0.25) is 0 Å². The van der Waals surface area contributed by atoms with Crippen LogP contribution in [0, 0.1) is 0 Å². The standard InChI is InChI=1S/C79H128O17P2/c1-5-9-13-17-21-25-29-33-36-40-43-47-51-55-59-63-76(81)89-69-74(95-78(83)65-61-57-53-49-45-39-32-28-24-20-16-12-8-4)71-93-97(85,86)91-67-73(80)68-92-98(87,88)94-72-75(96-79(84)66-62-58-54-50-46-42-38-35-31-27-23-19-15-11-7-3)70-90-77(82)64-60-56-52-48-44-41-37-34-30-26-22-18-14-10-6-2/h9-11,13-15,21-23,25-27,33-38,43-44,46-48,50,56,60,73-75,80H,5-8,12,16-20,24,28-32,39-42,45,49,51-55,57-59,61-72H2,1-4H3,(H,85,86)(H,87,88)/b13-9-,14-10-,15-11-,25-21-,26-22-,27-23-,36-33-,37-34-,38-35-,47-43-,48-44-,50-46-,60-56-. The van der Waals surface area contributed by atoms with E-state index in [1.165, 1.54) is 51.4 Å². The molecular weight excluding hydrogens is 1280 g/mol. The minimum absolute atomic E-state index is 0.0172. The van der Waals surface area contributed by atoms with Gasteiger partial charge in [-0.05, 0) is 128 Å². The molecule has 556 valence electrons. The van der Waals surface area contributed by atoms with Gasteiger partial charge in [0.25, 0.3) is 0 Å². The second-order valence-corrected chi connectivity index (χ2v) is 26.7. The topological polar surface area (TPSA) is 237 Å². The van der Waals surface area contributed by atoms with Crippen LogP contribution in [-0.2, 0) is 65.4 Å². The molecule has 0 aliphatic heterocycles. The van der Waals surface area contributed by atoms with Crippen LogP contribution in [0.25, 0.3) is 0 Å². The van der Waals surface area contributed by atoms with Crippen LogP contribution in [-0.4, -0.2) is 96.7 Å². The quantitative estimate of drug-likeness (QED) is 0.0169. The van der Waals surface area contributed by atoms with Gasteiger partial charge in [-0.2, -0.15) is 0 Å². The van der Waals surface area contributed by atoms with Gasteiger partial charge in [-0.1, -0.05) is 263 Å². The second-order valence-electron chi connectivity index (χ2n) is 23.8. The van der Waals surface area contributed by atoms with E-state index in [0.29, 0.717) is 32.1 Å². The Balaban J connectivity index is 5.50. The Morgan fingerprint density at radius 1 is 0.306 bits per heavy atom. The summed E-state index contributed by atoms with van der Waals surface area (Å²) in [6.07, 6.45) is 80.0. The van der Waals surface area contributed by atoms with Crippen LogP contribution in [0.5, 0.6) is 0 Å². The number of aliphatic hydroxyl groups excluding tert-OH is 1. The number of hydrogen-bond donors (Lipinski definition) is 3. The molecular formula is C79H128O17P2. The van der Waals surface area contributed by atoms with E-state index >= 15 is 0 Å². The first-order valence-corrected chi connectivity index (χ1v) is 39.7. The molecule has 0 saturated heterocycles. The van der Waals surface area contributed by atoms with E-state index in [-0.39, 0.29) is 25.7 Å². The van der Waals surface area contributed by atoms with Crippen molar-refractivity contribution in [1.82, 2.24) is 0 Å². The highest BCUT2D eigenvalue weighted by molar-refractivity contribution is 7.47. The number of allylic oxidation sites excluding steroid dienone is 25. The lowest BCUT2D eigenvalue weighted by Crippen LogP contribution is -2.30. The Morgan fingerprint density at radius 3 is 0.908 bits per heavy atom. The van der Waals surface area contributed by atoms with E-state index < -0.39 is 97.5 Å². The molecule has 5 atom stereocenters. The van der Waals surface area contributed by atoms with Gasteiger partial charge in [-0.15, -0.1) is 0 Å². The third-order valence-electron chi connectivity index (χ3n) is 14.5. The van der Waals surface area contributed by atoms with Gasteiger partial charge in [0.2, 0.25) is 0 Å². The summed E-state index contributed by atoms with van der Waals surface area (Å²) in [4.78, 5) is 72.7. The molecule has 3 N–H and O–H groups in total. The number of carbonyl (C=O) groups excluding carboxylic acids is 4. The molecule has 98 heavy (non-hydrogen) atoms. The number of phosphoric acid groups is 2. The van der Waals surface area contributed by atoms with Gasteiger partial charge in [0.05, 0.1) is 32.8 Å². The fourth-order valence-corrected chi connectivity index (χ4v) is 10.6. The predicted molar refractivity (Wildman–Crippen MR) is 399 cm³/mol. The Morgan fingerprint density at radius 2 is 0.571 bits per heavy atom. The van der Waals surface area contributed by atoms with E-state index in [4.69, 9.17) is 37.0 Å². The number of hydrogen-bond acceptors (Lipinski definition) is 15. The maximum atomic E-state index is 13.1. The van der Waals surface area contributed by atoms with Crippen LogP contribution < -0.4 is 0 Å². The molecule has 0 saturated carbocycles. The Labute approximate surface area is 591 Å². The number of ether oxygens (including phenoxy) is 4. The number of esters is 4. The molecule has 0 aliphatic rings. The summed E-state index contributed by atoms with van der Waals surface area (Å²) in [5, 5.41) is 10.6. The fourth-order valence-electron chi connectivity index (χ4n) is 9.04. The van der Waals surface area contributed by atoms with Gasteiger partial charge in [0.15, 0.2) is 12.2 Å². The number of rotatable bonds is 67. The first kappa shape index (κ1) is 92.7. The molecule has 0 aromatic heterocycles. The van der Waals surface area contributed by atoms with Crippen LogP contribution in [0.4, 0.5) is 0 Å². The maximum Gasteiger partial charge on any atom is 0.472 e. The van der Waals surface area contributed by atoms with Gasteiger partial charge in [-0.3, -0.25) is 37.3 Å². The van der Waals surface area contributed by atoms with Crippen molar-refractivity contribution in [2.24, 2.45) is 0 Å². The zero-order chi connectivity index (χ0) is 71.8. The van der Waals surface area contributed by atoms with E-state index in [0.717, 1.165) is 122 Å². The van der Waals surface area contributed by atoms with Crippen molar-refractivity contribution in [3.05, 3.63) is 158 Å². The summed E-state index contributed by atoms with van der Waals surface area (Å²) in [5.74, 6) is -2.43.